The number of aliphatic hydroxyl groups is 1. The first-order valence-corrected chi connectivity index (χ1v) is 6.26. The number of hydrogen-bond donors (Lipinski definition) is 3. The van der Waals surface area contributed by atoms with Gasteiger partial charge in [-0.3, -0.25) is 14.6 Å². The molecule has 0 unspecified atom stereocenters. The fraction of sp³-hybridized carbons (Fsp3) is 0.357. The molecule has 0 bridgehead atoms. The van der Waals surface area contributed by atoms with Crippen molar-refractivity contribution in [2.24, 2.45) is 0 Å². The molecule has 0 atom stereocenters. The molecule has 0 saturated carbocycles. The number of carbonyl (C=O) groups excluding carboxylic acids is 2. The number of aliphatic hydroxyl groups excluding tert-OH is 1. The number of hydrogen-bond acceptors (Lipinski definition) is 5. The number of carbonyl (C=O) groups is 2. The first-order valence-electron chi connectivity index (χ1n) is 6.26. The quantitative estimate of drug-likeness (QED) is 0.457. The molecule has 112 valence electrons. The summed E-state index contributed by atoms with van der Waals surface area (Å²) in [6.45, 7) is 0.341. The zero-order valence-corrected chi connectivity index (χ0v) is 11.7. The van der Waals surface area contributed by atoms with Gasteiger partial charge in [-0.1, -0.05) is 11.8 Å². The van der Waals surface area contributed by atoms with Crippen molar-refractivity contribution in [1.82, 2.24) is 15.6 Å². The largest absolute Gasteiger partial charge is 0.384 e. The molecular weight excluding hydrogens is 274 g/mol. The number of rotatable bonds is 6. The molecule has 0 saturated heterocycles. The Kier molecular flexibility index (Phi) is 7.50. The summed E-state index contributed by atoms with van der Waals surface area (Å²) >= 11 is 0. The van der Waals surface area contributed by atoms with E-state index >= 15 is 0 Å². The number of nitrogens with one attached hydrogen (secondary N) is 2. The van der Waals surface area contributed by atoms with Crippen LogP contribution >= 0.6 is 0 Å². The van der Waals surface area contributed by atoms with Gasteiger partial charge < -0.3 is 20.5 Å². The lowest BCUT2D eigenvalue weighted by Gasteiger charge is -2.07. The Morgan fingerprint density at radius 2 is 2.24 bits per heavy atom. The highest BCUT2D eigenvalue weighted by molar-refractivity contribution is 5.98. The van der Waals surface area contributed by atoms with Crippen molar-refractivity contribution in [2.75, 3.05) is 33.4 Å². The molecule has 3 N–H and O–H groups in total. The van der Waals surface area contributed by atoms with Gasteiger partial charge in [-0.2, -0.15) is 0 Å². The molecule has 7 nitrogen and oxygen atoms in total. The van der Waals surface area contributed by atoms with Crippen LogP contribution in [0.5, 0.6) is 0 Å². The molecule has 1 heterocycles. The van der Waals surface area contributed by atoms with Crippen molar-refractivity contribution in [2.45, 2.75) is 0 Å². The van der Waals surface area contributed by atoms with E-state index in [9.17, 15) is 9.59 Å². The van der Waals surface area contributed by atoms with Crippen LogP contribution < -0.4 is 10.6 Å². The van der Waals surface area contributed by atoms with E-state index in [-0.39, 0.29) is 19.1 Å². The fourth-order valence-electron chi connectivity index (χ4n) is 1.44. The molecule has 0 spiro atoms. The molecule has 7 heteroatoms. The molecule has 0 radical (unpaired) electrons. The summed E-state index contributed by atoms with van der Waals surface area (Å²) in [5.74, 6) is 4.35. The number of amides is 2. The lowest BCUT2D eigenvalue weighted by atomic mass is 10.1. The van der Waals surface area contributed by atoms with Crippen LogP contribution in [0.3, 0.4) is 0 Å². The Morgan fingerprint density at radius 1 is 1.43 bits per heavy atom. The number of aromatic nitrogens is 1. The lowest BCUT2D eigenvalue weighted by Crippen LogP contribution is -2.38. The standard InChI is InChI=1S/C14H17N3O4/c1-21-8-6-16-13(19)10-17-14(20)12-4-5-15-9-11(12)3-2-7-18/h4-5,9,18H,6-8,10H2,1H3,(H,16,19)(H,17,20). The van der Waals surface area contributed by atoms with Crippen molar-refractivity contribution in [3.8, 4) is 11.8 Å². The summed E-state index contributed by atoms with van der Waals surface area (Å²) in [5.41, 5.74) is 0.694. The van der Waals surface area contributed by atoms with Crippen LogP contribution in [0.2, 0.25) is 0 Å². The molecule has 1 aromatic rings. The summed E-state index contributed by atoms with van der Waals surface area (Å²) in [4.78, 5) is 27.3. The minimum Gasteiger partial charge on any atom is -0.384 e. The second-order valence-corrected chi connectivity index (χ2v) is 3.91. The number of pyridine rings is 1. The Balaban J connectivity index is 2.58. The van der Waals surface area contributed by atoms with Crippen LogP contribution in [0.15, 0.2) is 18.5 Å². The van der Waals surface area contributed by atoms with Gasteiger partial charge in [0.25, 0.3) is 5.91 Å². The molecule has 2 amide bonds. The monoisotopic (exact) mass is 291 g/mol. The van der Waals surface area contributed by atoms with Crippen molar-refractivity contribution in [1.29, 1.82) is 0 Å². The topological polar surface area (TPSA) is 101 Å². The highest BCUT2D eigenvalue weighted by Gasteiger charge is 2.11. The minimum absolute atomic E-state index is 0.141. The third-order valence-corrected chi connectivity index (χ3v) is 2.41. The predicted molar refractivity (Wildman–Crippen MR) is 75.4 cm³/mol. The third-order valence-electron chi connectivity index (χ3n) is 2.41. The van der Waals surface area contributed by atoms with Crippen LogP contribution in [-0.4, -0.2) is 55.3 Å². The molecule has 0 aliphatic heterocycles. The van der Waals surface area contributed by atoms with Gasteiger partial charge in [0.2, 0.25) is 5.91 Å². The molecule has 1 rings (SSSR count). The molecule has 1 aromatic heterocycles. The Labute approximate surface area is 122 Å². The Bertz CT molecular complexity index is 549. The lowest BCUT2D eigenvalue weighted by molar-refractivity contribution is -0.120. The molecule has 0 aliphatic rings. The predicted octanol–water partition coefficient (Wildman–Crippen LogP) is -1.08. The average molecular weight is 291 g/mol. The molecule has 0 aromatic carbocycles. The number of methoxy groups -OCH3 is 1. The van der Waals surface area contributed by atoms with Crippen molar-refractivity contribution < 1.29 is 19.4 Å². The minimum atomic E-state index is -0.429. The van der Waals surface area contributed by atoms with Gasteiger partial charge in [-0.25, -0.2) is 0 Å². The van der Waals surface area contributed by atoms with E-state index in [2.05, 4.69) is 27.5 Å². The van der Waals surface area contributed by atoms with E-state index in [0.717, 1.165) is 0 Å². The maximum Gasteiger partial charge on any atom is 0.253 e. The highest BCUT2D eigenvalue weighted by Crippen LogP contribution is 2.04. The summed E-state index contributed by atoms with van der Waals surface area (Å²) in [7, 11) is 1.53. The van der Waals surface area contributed by atoms with Crippen LogP contribution in [0.4, 0.5) is 0 Å². The van der Waals surface area contributed by atoms with E-state index in [1.807, 2.05) is 0 Å². The van der Waals surface area contributed by atoms with E-state index in [1.165, 1.54) is 25.6 Å². The SMILES string of the molecule is COCCNC(=O)CNC(=O)c1ccncc1C#CCO. The van der Waals surface area contributed by atoms with Crippen LogP contribution in [0.25, 0.3) is 0 Å². The van der Waals surface area contributed by atoms with Gasteiger partial charge >= 0.3 is 0 Å². The summed E-state index contributed by atoms with van der Waals surface area (Å²) < 4.78 is 4.80. The summed E-state index contributed by atoms with van der Waals surface area (Å²) in [6, 6.07) is 1.50. The van der Waals surface area contributed by atoms with Gasteiger partial charge in [0.1, 0.15) is 6.61 Å². The smallest absolute Gasteiger partial charge is 0.253 e. The fourth-order valence-corrected chi connectivity index (χ4v) is 1.44. The van der Waals surface area contributed by atoms with E-state index < -0.39 is 5.91 Å². The van der Waals surface area contributed by atoms with Gasteiger partial charge in [0.05, 0.1) is 24.3 Å². The number of nitrogens with zero attached hydrogens (tertiary/aromatic N) is 1. The van der Waals surface area contributed by atoms with Crippen LogP contribution in [-0.2, 0) is 9.53 Å². The zero-order chi connectivity index (χ0) is 15.5. The van der Waals surface area contributed by atoms with Gasteiger partial charge in [0.15, 0.2) is 0 Å². The highest BCUT2D eigenvalue weighted by atomic mass is 16.5. The van der Waals surface area contributed by atoms with E-state index in [0.29, 0.717) is 24.3 Å². The molecule has 0 fully saturated rings. The Hall–Kier alpha value is -2.43. The molecule has 0 aliphatic carbocycles. The Morgan fingerprint density at radius 3 is 2.95 bits per heavy atom. The van der Waals surface area contributed by atoms with Gasteiger partial charge in [-0.15, -0.1) is 0 Å². The molecule has 21 heavy (non-hydrogen) atoms. The normalized spacial score (nSPS) is 9.43. The average Bonchev–Trinajstić information content (AvgIpc) is 2.51. The van der Waals surface area contributed by atoms with Crippen molar-refractivity contribution in [3.63, 3.8) is 0 Å². The van der Waals surface area contributed by atoms with Crippen molar-refractivity contribution >= 4 is 11.8 Å². The maximum atomic E-state index is 12.0. The van der Waals surface area contributed by atoms with Crippen molar-refractivity contribution in [3.05, 3.63) is 29.6 Å². The zero-order valence-electron chi connectivity index (χ0n) is 11.7. The first kappa shape index (κ1) is 16.6. The maximum absolute atomic E-state index is 12.0. The van der Waals surface area contributed by atoms with E-state index in [4.69, 9.17) is 9.84 Å². The number of ether oxygens (including phenoxy) is 1. The van der Waals surface area contributed by atoms with Gasteiger partial charge in [-0.05, 0) is 6.07 Å². The molecular formula is C14H17N3O4. The second kappa shape index (κ2) is 9.47. The summed E-state index contributed by atoms with van der Waals surface area (Å²) in [5, 5.41) is 13.8. The van der Waals surface area contributed by atoms with Crippen LogP contribution in [0.1, 0.15) is 15.9 Å². The van der Waals surface area contributed by atoms with Gasteiger partial charge in [0, 0.05) is 26.0 Å². The van der Waals surface area contributed by atoms with Crippen LogP contribution in [0, 0.1) is 11.8 Å². The first-order chi connectivity index (χ1) is 10.2. The summed E-state index contributed by atoms with van der Waals surface area (Å²) in [6.07, 6.45) is 2.88. The van der Waals surface area contributed by atoms with E-state index in [1.54, 1.807) is 0 Å². The second-order valence-electron chi connectivity index (χ2n) is 3.91. The third kappa shape index (κ3) is 6.03.